The molecule has 2 nitrogen and oxygen atoms in total. The van der Waals surface area contributed by atoms with Gasteiger partial charge in [0.05, 0.1) is 0 Å². The van der Waals surface area contributed by atoms with Crippen molar-refractivity contribution in [3.8, 4) is 0 Å². The van der Waals surface area contributed by atoms with Crippen LogP contribution in [-0.2, 0) is 5.54 Å². The molecule has 0 spiro atoms. The zero-order valence-electron chi connectivity index (χ0n) is 11.0. The molecule has 18 heavy (non-hydrogen) atoms. The number of hydrogen-bond acceptors (Lipinski definition) is 2. The Hall–Kier alpha value is -0.390. The molecule has 0 aromatic heterocycles. The fraction of sp³-hybridized carbons (Fsp3) is 0.467. The van der Waals surface area contributed by atoms with Gasteiger partial charge < -0.3 is 5.32 Å². The summed E-state index contributed by atoms with van der Waals surface area (Å²) in [6, 6.07) is 8.93. The van der Waals surface area contributed by atoms with E-state index in [0.717, 1.165) is 32.5 Å². The molecule has 0 unspecified atom stereocenters. The van der Waals surface area contributed by atoms with E-state index in [1.807, 2.05) is 6.08 Å². The summed E-state index contributed by atoms with van der Waals surface area (Å²) in [7, 11) is 2.08. The lowest BCUT2D eigenvalue weighted by molar-refractivity contribution is 0.151. The van der Waals surface area contributed by atoms with Crippen LogP contribution >= 0.6 is 22.6 Å². The van der Waals surface area contributed by atoms with Gasteiger partial charge in [-0.3, -0.25) is 4.90 Å². The molecule has 98 valence electrons. The van der Waals surface area contributed by atoms with Crippen LogP contribution in [0.2, 0.25) is 0 Å². The highest BCUT2D eigenvalue weighted by atomic mass is 127. The molecule has 2 rings (SSSR count). The van der Waals surface area contributed by atoms with Crippen molar-refractivity contribution in [2.24, 2.45) is 0 Å². The van der Waals surface area contributed by atoms with E-state index in [1.54, 1.807) is 0 Å². The molecule has 0 radical (unpaired) electrons. The van der Waals surface area contributed by atoms with Crippen molar-refractivity contribution in [3.05, 3.63) is 46.1 Å². The van der Waals surface area contributed by atoms with Crippen molar-refractivity contribution < 1.29 is 0 Å². The van der Waals surface area contributed by atoms with Gasteiger partial charge in [-0.05, 0) is 60.2 Å². The molecule has 1 aliphatic rings. The predicted molar refractivity (Wildman–Crippen MR) is 85.8 cm³/mol. The third-order valence-corrected chi connectivity index (χ3v) is 4.69. The van der Waals surface area contributed by atoms with Crippen molar-refractivity contribution in [1.29, 1.82) is 0 Å². The summed E-state index contributed by atoms with van der Waals surface area (Å²) in [5.74, 6) is 0. The summed E-state index contributed by atoms with van der Waals surface area (Å²) in [5, 5.41) is 3.56. The predicted octanol–water partition coefficient (Wildman–Crippen LogP) is 2.99. The second-order valence-corrected chi connectivity index (χ2v) is 6.17. The van der Waals surface area contributed by atoms with Gasteiger partial charge in [-0.25, -0.2) is 0 Å². The van der Waals surface area contributed by atoms with E-state index in [2.05, 4.69) is 70.7 Å². The van der Waals surface area contributed by atoms with Gasteiger partial charge in [0.15, 0.2) is 0 Å². The summed E-state index contributed by atoms with van der Waals surface area (Å²) in [5.41, 5.74) is 1.57. The molecule has 1 fully saturated rings. The molecule has 0 bridgehead atoms. The quantitative estimate of drug-likeness (QED) is 0.659. The van der Waals surface area contributed by atoms with Gasteiger partial charge in [-0.2, -0.15) is 0 Å². The third-order valence-electron chi connectivity index (χ3n) is 3.97. The van der Waals surface area contributed by atoms with Gasteiger partial charge in [0.25, 0.3) is 0 Å². The Morgan fingerprint density at radius 2 is 1.94 bits per heavy atom. The van der Waals surface area contributed by atoms with E-state index in [9.17, 15) is 0 Å². The molecule has 0 saturated carbocycles. The van der Waals surface area contributed by atoms with Gasteiger partial charge in [0.1, 0.15) is 0 Å². The highest BCUT2D eigenvalue weighted by molar-refractivity contribution is 14.1. The summed E-state index contributed by atoms with van der Waals surface area (Å²) in [6.45, 7) is 7.10. The van der Waals surface area contributed by atoms with E-state index in [-0.39, 0.29) is 5.54 Å². The third kappa shape index (κ3) is 2.95. The molecular weight excluding hydrogens is 335 g/mol. The van der Waals surface area contributed by atoms with Gasteiger partial charge in [0.2, 0.25) is 0 Å². The van der Waals surface area contributed by atoms with Crippen LogP contribution in [0, 0.1) is 3.57 Å². The van der Waals surface area contributed by atoms with Crippen LogP contribution in [0.25, 0.3) is 0 Å². The SMILES string of the molecule is C=CCN1CCC(NC)(c2ccc(I)cc2)CC1. The molecule has 0 atom stereocenters. The van der Waals surface area contributed by atoms with Crippen LogP contribution in [0.1, 0.15) is 18.4 Å². The lowest BCUT2D eigenvalue weighted by Gasteiger charge is -2.42. The Morgan fingerprint density at radius 3 is 2.44 bits per heavy atom. The number of benzene rings is 1. The maximum absolute atomic E-state index is 3.82. The van der Waals surface area contributed by atoms with E-state index in [0.29, 0.717) is 0 Å². The Kier molecular flexibility index (Phi) is 4.81. The summed E-state index contributed by atoms with van der Waals surface area (Å²) < 4.78 is 1.30. The van der Waals surface area contributed by atoms with Crippen LogP contribution in [-0.4, -0.2) is 31.6 Å². The largest absolute Gasteiger partial charge is 0.310 e. The molecule has 0 amide bonds. The Labute approximate surface area is 124 Å². The summed E-state index contributed by atoms with van der Waals surface area (Å²) >= 11 is 2.36. The number of halogens is 1. The van der Waals surface area contributed by atoms with Crippen molar-refractivity contribution in [3.63, 3.8) is 0 Å². The van der Waals surface area contributed by atoms with Crippen LogP contribution in [0.4, 0.5) is 0 Å². The Bertz CT molecular complexity index is 391. The molecule has 1 N–H and O–H groups in total. The first-order valence-electron chi connectivity index (χ1n) is 6.48. The normalized spacial score (nSPS) is 19.7. The van der Waals surface area contributed by atoms with Gasteiger partial charge >= 0.3 is 0 Å². The monoisotopic (exact) mass is 356 g/mol. The fourth-order valence-electron chi connectivity index (χ4n) is 2.75. The highest BCUT2D eigenvalue weighted by Gasteiger charge is 2.34. The van der Waals surface area contributed by atoms with Crippen molar-refractivity contribution >= 4 is 22.6 Å². The molecule has 1 heterocycles. The van der Waals surface area contributed by atoms with Gasteiger partial charge in [-0.1, -0.05) is 18.2 Å². The molecule has 1 aromatic rings. The fourth-order valence-corrected chi connectivity index (χ4v) is 3.11. The second kappa shape index (κ2) is 6.17. The number of likely N-dealkylation sites (tertiary alicyclic amines) is 1. The molecule has 0 aliphatic carbocycles. The maximum atomic E-state index is 3.82. The number of nitrogens with one attached hydrogen (secondary N) is 1. The molecular formula is C15H21IN2. The van der Waals surface area contributed by atoms with E-state index in [4.69, 9.17) is 0 Å². The van der Waals surface area contributed by atoms with Gasteiger partial charge in [0, 0.05) is 28.7 Å². The topological polar surface area (TPSA) is 15.3 Å². The second-order valence-electron chi connectivity index (χ2n) is 4.93. The number of rotatable bonds is 4. The molecule has 3 heteroatoms. The van der Waals surface area contributed by atoms with Crippen molar-refractivity contribution in [2.75, 3.05) is 26.7 Å². The number of piperidine rings is 1. The lowest BCUT2D eigenvalue weighted by atomic mass is 9.81. The minimum Gasteiger partial charge on any atom is -0.310 e. The van der Waals surface area contributed by atoms with E-state index < -0.39 is 0 Å². The van der Waals surface area contributed by atoms with Crippen molar-refractivity contribution in [1.82, 2.24) is 10.2 Å². The average molecular weight is 356 g/mol. The molecule has 1 aliphatic heterocycles. The molecule has 1 aromatic carbocycles. The van der Waals surface area contributed by atoms with Crippen molar-refractivity contribution in [2.45, 2.75) is 18.4 Å². The summed E-state index contributed by atoms with van der Waals surface area (Å²) in [6.07, 6.45) is 4.33. The van der Waals surface area contributed by atoms with Gasteiger partial charge in [-0.15, -0.1) is 6.58 Å². The smallest absolute Gasteiger partial charge is 0.0456 e. The summed E-state index contributed by atoms with van der Waals surface area (Å²) in [4.78, 5) is 2.47. The minimum atomic E-state index is 0.155. The number of hydrogen-bond donors (Lipinski definition) is 1. The maximum Gasteiger partial charge on any atom is 0.0456 e. The Balaban J connectivity index is 2.13. The highest BCUT2D eigenvalue weighted by Crippen LogP contribution is 2.32. The van der Waals surface area contributed by atoms with Crippen LogP contribution in [0.5, 0.6) is 0 Å². The van der Waals surface area contributed by atoms with Crippen LogP contribution in [0.3, 0.4) is 0 Å². The molecule has 1 saturated heterocycles. The first-order valence-corrected chi connectivity index (χ1v) is 7.56. The zero-order chi connectivity index (χ0) is 13.0. The minimum absolute atomic E-state index is 0.155. The van der Waals surface area contributed by atoms with E-state index >= 15 is 0 Å². The van der Waals surface area contributed by atoms with Crippen LogP contribution in [0.15, 0.2) is 36.9 Å². The lowest BCUT2D eigenvalue weighted by Crippen LogP contribution is -2.49. The standard InChI is InChI=1S/C15H21IN2/c1-3-10-18-11-8-15(17-2,9-12-18)13-4-6-14(16)7-5-13/h3-7,17H,1,8-12H2,2H3. The van der Waals surface area contributed by atoms with Crippen LogP contribution < -0.4 is 5.32 Å². The zero-order valence-corrected chi connectivity index (χ0v) is 13.1. The Morgan fingerprint density at radius 1 is 1.33 bits per heavy atom. The average Bonchev–Trinajstić information content (AvgIpc) is 2.41. The first kappa shape index (κ1) is 14.0. The van der Waals surface area contributed by atoms with E-state index in [1.165, 1.54) is 9.13 Å². The first-order chi connectivity index (χ1) is 8.70. The number of nitrogens with zero attached hydrogens (tertiary/aromatic N) is 1.